The number of halogens is 1. The Labute approximate surface area is 110 Å². The van der Waals surface area contributed by atoms with Crippen LogP contribution in [0.25, 0.3) is 0 Å². The van der Waals surface area contributed by atoms with Crippen LogP contribution in [0.5, 0.6) is 0 Å². The molecule has 0 aromatic heterocycles. The Kier molecular flexibility index (Phi) is 1.72. The van der Waals surface area contributed by atoms with Crippen molar-refractivity contribution in [1.82, 2.24) is 0 Å². The van der Waals surface area contributed by atoms with Crippen molar-refractivity contribution in [3.63, 3.8) is 0 Å². The predicted octanol–water partition coefficient (Wildman–Crippen LogP) is 1.09. The standard InChI is InChI=1S/C14H19FO4/c1-3-10(2,15)9(16)19-13-5-8-4-11(17)6-12(18,7-13)14(8,11)13/h8,17-18H,3-7H2,1-2H3. The van der Waals surface area contributed by atoms with Gasteiger partial charge < -0.3 is 14.9 Å². The van der Waals surface area contributed by atoms with E-state index in [1.54, 1.807) is 6.92 Å². The van der Waals surface area contributed by atoms with Crippen LogP contribution in [0, 0.1) is 11.3 Å². The van der Waals surface area contributed by atoms with Crippen LogP contribution in [0.1, 0.15) is 46.0 Å². The van der Waals surface area contributed by atoms with Gasteiger partial charge in [-0.1, -0.05) is 6.92 Å². The number of carbonyl (C=O) groups is 1. The highest BCUT2D eigenvalue weighted by molar-refractivity contribution is 5.80. The lowest BCUT2D eigenvalue weighted by atomic mass is 9.13. The number of ether oxygens (including phenoxy) is 1. The second-order valence-corrected chi connectivity index (χ2v) is 7.26. The van der Waals surface area contributed by atoms with Crippen LogP contribution in [0.4, 0.5) is 4.39 Å². The quantitative estimate of drug-likeness (QED) is 0.753. The number of hydrogen-bond donors (Lipinski definition) is 2. The van der Waals surface area contributed by atoms with E-state index in [0.29, 0.717) is 25.7 Å². The van der Waals surface area contributed by atoms with Gasteiger partial charge in [0.05, 0.1) is 16.6 Å². The Balaban J connectivity index is 1.60. The molecule has 0 heterocycles. The second-order valence-electron chi connectivity index (χ2n) is 7.26. The van der Waals surface area contributed by atoms with Crippen LogP contribution >= 0.6 is 0 Å². The maximum atomic E-state index is 14.0. The van der Waals surface area contributed by atoms with E-state index in [9.17, 15) is 19.4 Å². The summed E-state index contributed by atoms with van der Waals surface area (Å²) in [4.78, 5) is 11.9. The first-order valence-corrected chi connectivity index (χ1v) is 7.04. The van der Waals surface area contributed by atoms with Crippen molar-refractivity contribution >= 4 is 5.97 Å². The molecule has 5 heteroatoms. The molecule has 0 saturated heterocycles. The van der Waals surface area contributed by atoms with Crippen molar-refractivity contribution in [1.29, 1.82) is 0 Å². The summed E-state index contributed by atoms with van der Waals surface area (Å²) in [5.74, 6) is -0.628. The second kappa shape index (κ2) is 2.70. The molecule has 0 aromatic carbocycles. The summed E-state index contributed by atoms with van der Waals surface area (Å²) in [7, 11) is 0. The number of aliphatic hydroxyl groups is 2. The molecule has 0 aromatic rings. The van der Waals surface area contributed by atoms with Crippen LogP contribution in [0.15, 0.2) is 0 Å². The Bertz CT molecular complexity index is 496. The van der Waals surface area contributed by atoms with Crippen molar-refractivity contribution in [2.75, 3.05) is 0 Å². The topological polar surface area (TPSA) is 66.8 Å². The molecule has 0 radical (unpaired) electrons. The van der Waals surface area contributed by atoms with Crippen molar-refractivity contribution in [3.05, 3.63) is 0 Å². The number of carbonyl (C=O) groups excluding carboxylic acids is 1. The highest BCUT2D eigenvalue weighted by Crippen LogP contribution is 2.92. The third-order valence-electron chi connectivity index (χ3n) is 6.50. The normalized spacial score (nSPS) is 59.1. The van der Waals surface area contributed by atoms with E-state index < -0.39 is 33.9 Å². The maximum absolute atomic E-state index is 14.0. The number of alkyl halides is 1. The van der Waals surface area contributed by atoms with Gasteiger partial charge in [0.15, 0.2) is 0 Å². The first-order chi connectivity index (χ1) is 8.66. The van der Waals surface area contributed by atoms with Gasteiger partial charge >= 0.3 is 5.97 Å². The third kappa shape index (κ3) is 0.871. The fraction of sp³-hybridized carbons (Fsp3) is 0.929. The summed E-state index contributed by atoms with van der Waals surface area (Å²) in [6, 6.07) is 0. The van der Waals surface area contributed by atoms with Gasteiger partial charge in [-0.05, 0) is 32.1 Å². The summed E-state index contributed by atoms with van der Waals surface area (Å²) in [6.07, 6.45) is 2.12. The van der Waals surface area contributed by atoms with E-state index in [2.05, 4.69) is 0 Å². The first-order valence-electron chi connectivity index (χ1n) is 7.04. The highest BCUT2D eigenvalue weighted by Gasteiger charge is 3.01. The predicted molar refractivity (Wildman–Crippen MR) is 62.9 cm³/mol. The highest BCUT2D eigenvalue weighted by atomic mass is 19.1. The summed E-state index contributed by atoms with van der Waals surface area (Å²) in [5.41, 5.74) is -5.25. The van der Waals surface area contributed by atoms with Gasteiger partial charge in [0, 0.05) is 12.8 Å². The summed E-state index contributed by atoms with van der Waals surface area (Å²) in [6.45, 7) is 2.82. The van der Waals surface area contributed by atoms with E-state index in [1.165, 1.54) is 6.92 Å². The fourth-order valence-electron chi connectivity index (χ4n) is 5.75. The van der Waals surface area contributed by atoms with Crippen LogP contribution < -0.4 is 0 Å². The molecule has 4 aliphatic rings. The van der Waals surface area contributed by atoms with Gasteiger partial charge in [0.1, 0.15) is 5.60 Å². The van der Waals surface area contributed by atoms with Crippen LogP contribution in [-0.4, -0.2) is 38.7 Å². The van der Waals surface area contributed by atoms with Gasteiger partial charge in [-0.15, -0.1) is 0 Å². The third-order valence-corrected chi connectivity index (χ3v) is 6.50. The van der Waals surface area contributed by atoms with E-state index in [4.69, 9.17) is 4.74 Å². The smallest absolute Gasteiger partial charge is 0.344 e. The van der Waals surface area contributed by atoms with Gasteiger partial charge in [0.25, 0.3) is 0 Å². The lowest BCUT2D eigenvalue weighted by Crippen LogP contribution is -3.03. The molecule has 4 fully saturated rings. The molecule has 4 aliphatic carbocycles. The molecule has 1 spiro atoms. The molecule has 2 N–H and O–H groups in total. The zero-order chi connectivity index (χ0) is 13.9. The van der Waals surface area contributed by atoms with Crippen LogP contribution in [0.2, 0.25) is 0 Å². The van der Waals surface area contributed by atoms with Crippen molar-refractivity contribution < 1.29 is 24.1 Å². The van der Waals surface area contributed by atoms with Crippen LogP contribution in [0.3, 0.4) is 0 Å². The largest absolute Gasteiger partial charge is 0.456 e. The average Bonchev–Trinajstić information content (AvgIpc) is 2.23. The average molecular weight is 270 g/mol. The molecular weight excluding hydrogens is 251 g/mol. The number of hydrogen-bond acceptors (Lipinski definition) is 4. The fourth-order valence-corrected chi connectivity index (χ4v) is 5.75. The summed E-state index contributed by atoms with van der Waals surface area (Å²) < 4.78 is 19.4. The van der Waals surface area contributed by atoms with Crippen molar-refractivity contribution in [2.45, 2.75) is 68.4 Å². The minimum absolute atomic E-state index is 0.0624. The van der Waals surface area contributed by atoms with Crippen LogP contribution in [-0.2, 0) is 9.53 Å². The van der Waals surface area contributed by atoms with Gasteiger partial charge in [-0.25, -0.2) is 9.18 Å². The van der Waals surface area contributed by atoms with E-state index >= 15 is 0 Å². The lowest BCUT2D eigenvalue weighted by Gasteiger charge is -2.94. The Morgan fingerprint density at radius 3 is 2.53 bits per heavy atom. The van der Waals surface area contributed by atoms with Gasteiger partial charge in [-0.3, -0.25) is 0 Å². The SMILES string of the molecule is CCC(C)(F)C(=O)OC12CC3CC4(O)CC(O)(C1)C342. The zero-order valence-corrected chi connectivity index (χ0v) is 11.2. The minimum Gasteiger partial charge on any atom is -0.456 e. The van der Waals surface area contributed by atoms with Gasteiger partial charge in [-0.2, -0.15) is 0 Å². The summed E-state index contributed by atoms with van der Waals surface area (Å²) >= 11 is 0. The van der Waals surface area contributed by atoms with E-state index in [0.717, 1.165) is 0 Å². The molecule has 4 nitrogen and oxygen atoms in total. The van der Waals surface area contributed by atoms with E-state index in [-0.39, 0.29) is 12.3 Å². The molecule has 0 bridgehead atoms. The minimum atomic E-state index is -1.99. The molecular formula is C14H19FO4. The Hall–Kier alpha value is -0.680. The van der Waals surface area contributed by atoms with Crippen molar-refractivity contribution in [3.8, 4) is 0 Å². The summed E-state index contributed by atoms with van der Waals surface area (Å²) in [5, 5.41) is 20.8. The molecule has 0 aliphatic heterocycles. The van der Waals surface area contributed by atoms with Crippen molar-refractivity contribution in [2.24, 2.45) is 11.3 Å². The maximum Gasteiger partial charge on any atom is 0.344 e. The van der Waals surface area contributed by atoms with Gasteiger partial charge in [0.2, 0.25) is 5.67 Å². The molecule has 0 amide bonds. The molecule has 4 saturated carbocycles. The zero-order valence-electron chi connectivity index (χ0n) is 11.2. The van der Waals surface area contributed by atoms with E-state index in [1.807, 2.05) is 0 Å². The molecule has 6 atom stereocenters. The lowest BCUT2D eigenvalue weighted by molar-refractivity contribution is -0.549. The Morgan fingerprint density at radius 1 is 1.37 bits per heavy atom. The number of esters is 1. The molecule has 6 unspecified atom stereocenters. The molecule has 4 rings (SSSR count). The first kappa shape index (κ1) is 12.1. The monoisotopic (exact) mass is 270 g/mol. The molecule has 106 valence electrons. The Morgan fingerprint density at radius 2 is 2.05 bits per heavy atom. The number of rotatable bonds is 3. The molecule has 19 heavy (non-hydrogen) atoms.